The molecular weight excluding hydrogens is 312 g/mol. The molecule has 0 aliphatic rings. The Balaban J connectivity index is 4.58. The van der Waals surface area contributed by atoms with E-state index in [0.29, 0.717) is 0 Å². The van der Waals surface area contributed by atoms with Crippen molar-refractivity contribution in [2.45, 2.75) is 38.4 Å². The summed E-state index contributed by atoms with van der Waals surface area (Å²) in [4.78, 5) is 56.0. The van der Waals surface area contributed by atoms with Crippen LogP contribution >= 0.6 is 0 Å². The highest BCUT2D eigenvalue weighted by Crippen LogP contribution is 1.95. The summed E-state index contributed by atoms with van der Waals surface area (Å²) in [5, 5.41) is 23.9. The van der Waals surface area contributed by atoms with Crippen LogP contribution in [-0.4, -0.2) is 64.5 Å². The Hall–Kier alpha value is -2.69. The molecule has 0 rings (SSSR count). The fourth-order valence-electron chi connectivity index (χ4n) is 1.44. The molecule has 0 aliphatic carbocycles. The van der Waals surface area contributed by atoms with Crippen molar-refractivity contribution >= 4 is 29.7 Å². The molecule has 3 atom stereocenters. The molecule has 3 amide bonds. The number of carboxylic acid groups (broad SMARTS) is 2. The molecule has 0 heterocycles. The van der Waals surface area contributed by atoms with Crippen molar-refractivity contribution in [2.24, 2.45) is 5.73 Å². The van der Waals surface area contributed by atoms with Crippen LogP contribution in [0.1, 0.15) is 20.3 Å². The summed E-state index contributed by atoms with van der Waals surface area (Å²) in [6, 6.07) is -3.69. The zero-order valence-corrected chi connectivity index (χ0v) is 12.7. The highest BCUT2D eigenvalue weighted by atomic mass is 16.4. The summed E-state index contributed by atoms with van der Waals surface area (Å²) in [5.74, 6) is -5.02. The van der Waals surface area contributed by atoms with Crippen LogP contribution in [0.25, 0.3) is 0 Å². The average Bonchev–Trinajstić information content (AvgIpc) is 2.45. The lowest BCUT2D eigenvalue weighted by Gasteiger charge is -2.20. The predicted octanol–water partition coefficient (Wildman–Crippen LogP) is -3.00. The van der Waals surface area contributed by atoms with E-state index in [-0.39, 0.29) is 6.54 Å². The molecular formula is C12H20N4O7. The van der Waals surface area contributed by atoms with Crippen LogP contribution < -0.4 is 21.7 Å². The van der Waals surface area contributed by atoms with Crippen LogP contribution in [0.4, 0.5) is 0 Å². The second kappa shape index (κ2) is 9.35. The summed E-state index contributed by atoms with van der Waals surface area (Å²) in [6.07, 6.45) is -0.801. The molecule has 11 nitrogen and oxygen atoms in total. The molecule has 0 aliphatic heterocycles. The SMILES string of the molecule is CC(NC(=O)CN)C(=O)NC(C)C(=O)NC(CC(=O)O)C(=O)O. The van der Waals surface area contributed by atoms with E-state index in [2.05, 4.69) is 10.6 Å². The zero-order chi connectivity index (χ0) is 18.2. The largest absolute Gasteiger partial charge is 0.481 e. The first-order chi connectivity index (χ1) is 10.6. The number of carbonyl (C=O) groups excluding carboxylic acids is 3. The van der Waals surface area contributed by atoms with Gasteiger partial charge in [0.05, 0.1) is 13.0 Å². The minimum absolute atomic E-state index is 0.302. The fraction of sp³-hybridized carbons (Fsp3) is 0.583. The Kier molecular flexibility index (Phi) is 8.26. The second-order valence-corrected chi connectivity index (χ2v) is 4.72. The molecule has 23 heavy (non-hydrogen) atoms. The van der Waals surface area contributed by atoms with Gasteiger partial charge in [-0.3, -0.25) is 19.2 Å². The molecule has 0 aromatic heterocycles. The molecule has 0 bridgehead atoms. The number of hydrogen-bond acceptors (Lipinski definition) is 6. The summed E-state index contributed by atoms with van der Waals surface area (Å²) in [7, 11) is 0. The van der Waals surface area contributed by atoms with E-state index < -0.39 is 54.2 Å². The van der Waals surface area contributed by atoms with Gasteiger partial charge in [-0.2, -0.15) is 0 Å². The van der Waals surface area contributed by atoms with Gasteiger partial charge in [-0.15, -0.1) is 0 Å². The Morgan fingerprint density at radius 1 is 0.913 bits per heavy atom. The minimum atomic E-state index is -1.62. The van der Waals surface area contributed by atoms with Crippen LogP contribution in [0.2, 0.25) is 0 Å². The number of aliphatic carboxylic acids is 2. The van der Waals surface area contributed by atoms with Crippen molar-refractivity contribution in [3.05, 3.63) is 0 Å². The van der Waals surface area contributed by atoms with E-state index in [9.17, 15) is 24.0 Å². The highest BCUT2D eigenvalue weighted by molar-refractivity contribution is 5.93. The van der Waals surface area contributed by atoms with E-state index in [0.717, 1.165) is 0 Å². The molecule has 0 saturated carbocycles. The smallest absolute Gasteiger partial charge is 0.326 e. The number of nitrogens with one attached hydrogen (secondary N) is 3. The van der Waals surface area contributed by atoms with Crippen molar-refractivity contribution in [2.75, 3.05) is 6.54 Å². The van der Waals surface area contributed by atoms with Gasteiger partial charge in [0.15, 0.2) is 0 Å². The Morgan fingerprint density at radius 2 is 1.39 bits per heavy atom. The summed E-state index contributed by atoms with van der Waals surface area (Å²) >= 11 is 0. The molecule has 0 saturated heterocycles. The Morgan fingerprint density at radius 3 is 1.83 bits per heavy atom. The van der Waals surface area contributed by atoms with Gasteiger partial charge in [0.25, 0.3) is 0 Å². The average molecular weight is 332 g/mol. The Labute approximate surface area is 131 Å². The van der Waals surface area contributed by atoms with Crippen LogP contribution in [0.3, 0.4) is 0 Å². The van der Waals surface area contributed by atoms with Gasteiger partial charge in [0.1, 0.15) is 18.1 Å². The number of nitrogens with two attached hydrogens (primary N) is 1. The topological polar surface area (TPSA) is 188 Å². The van der Waals surface area contributed by atoms with Crippen LogP contribution in [-0.2, 0) is 24.0 Å². The van der Waals surface area contributed by atoms with E-state index in [4.69, 9.17) is 15.9 Å². The maximum atomic E-state index is 11.8. The standard InChI is InChI=1S/C12H20N4O7/c1-5(14-8(17)4-13)10(20)15-6(2)11(21)16-7(12(22)23)3-9(18)19/h5-7H,3-4,13H2,1-2H3,(H,14,17)(H,15,20)(H,16,21)(H,18,19)(H,22,23). The van der Waals surface area contributed by atoms with Crippen molar-refractivity contribution in [3.8, 4) is 0 Å². The van der Waals surface area contributed by atoms with Crippen LogP contribution in [0, 0.1) is 0 Å². The lowest BCUT2D eigenvalue weighted by atomic mass is 10.2. The van der Waals surface area contributed by atoms with Gasteiger partial charge in [0, 0.05) is 0 Å². The van der Waals surface area contributed by atoms with E-state index in [1.54, 1.807) is 0 Å². The van der Waals surface area contributed by atoms with Gasteiger partial charge in [-0.1, -0.05) is 0 Å². The minimum Gasteiger partial charge on any atom is -0.481 e. The maximum Gasteiger partial charge on any atom is 0.326 e. The summed E-state index contributed by atoms with van der Waals surface area (Å²) in [6.45, 7) is 2.35. The van der Waals surface area contributed by atoms with E-state index in [1.807, 2.05) is 5.32 Å². The number of carbonyl (C=O) groups is 5. The van der Waals surface area contributed by atoms with Gasteiger partial charge in [0.2, 0.25) is 17.7 Å². The third-order valence-electron chi connectivity index (χ3n) is 2.70. The first kappa shape index (κ1) is 20.3. The third kappa shape index (κ3) is 7.76. The van der Waals surface area contributed by atoms with Gasteiger partial charge < -0.3 is 31.9 Å². The number of hydrogen-bond donors (Lipinski definition) is 6. The number of rotatable bonds is 9. The van der Waals surface area contributed by atoms with Gasteiger partial charge >= 0.3 is 11.9 Å². The normalized spacial score (nSPS) is 14.0. The third-order valence-corrected chi connectivity index (χ3v) is 2.70. The number of carboxylic acids is 2. The van der Waals surface area contributed by atoms with Gasteiger partial charge in [-0.05, 0) is 13.8 Å². The molecule has 0 aromatic rings. The van der Waals surface area contributed by atoms with Crippen LogP contribution in [0.5, 0.6) is 0 Å². The van der Waals surface area contributed by atoms with Crippen molar-refractivity contribution in [3.63, 3.8) is 0 Å². The zero-order valence-electron chi connectivity index (χ0n) is 12.7. The monoisotopic (exact) mass is 332 g/mol. The van der Waals surface area contributed by atoms with E-state index >= 15 is 0 Å². The molecule has 0 spiro atoms. The second-order valence-electron chi connectivity index (χ2n) is 4.72. The van der Waals surface area contributed by atoms with Crippen molar-refractivity contribution < 1.29 is 34.2 Å². The highest BCUT2D eigenvalue weighted by Gasteiger charge is 2.27. The molecule has 0 radical (unpaired) electrons. The van der Waals surface area contributed by atoms with Crippen LogP contribution in [0.15, 0.2) is 0 Å². The fourth-order valence-corrected chi connectivity index (χ4v) is 1.44. The van der Waals surface area contributed by atoms with E-state index in [1.165, 1.54) is 13.8 Å². The summed E-state index contributed by atoms with van der Waals surface area (Å²) in [5.41, 5.74) is 5.08. The molecule has 0 aromatic carbocycles. The van der Waals surface area contributed by atoms with Gasteiger partial charge in [-0.25, -0.2) is 4.79 Å². The molecule has 7 N–H and O–H groups in total. The molecule has 11 heteroatoms. The predicted molar refractivity (Wildman–Crippen MR) is 76.1 cm³/mol. The first-order valence-electron chi connectivity index (χ1n) is 6.63. The first-order valence-corrected chi connectivity index (χ1v) is 6.63. The molecule has 0 fully saturated rings. The summed E-state index contributed by atoms with van der Waals surface area (Å²) < 4.78 is 0. The van der Waals surface area contributed by atoms with Crippen molar-refractivity contribution in [1.82, 2.24) is 16.0 Å². The van der Waals surface area contributed by atoms with Crippen molar-refractivity contribution in [1.29, 1.82) is 0 Å². The Bertz CT molecular complexity index is 494. The molecule has 3 unspecified atom stereocenters. The molecule has 130 valence electrons. The lowest BCUT2D eigenvalue weighted by molar-refractivity contribution is -0.147. The quantitative estimate of drug-likeness (QED) is 0.257. The maximum absolute atomic E-state index is 11.8. The lowest BCUT2D eigenvalue weighted by Crippen LogP contribution is -2.54. The number of amides is 3.